The molecule has 2 saturated heterocycles. The van der Waals surface area contributed by atoms with Crippen molar-refractivity contribution in [2.24, 2.45) is 5.41 Å². The van der Waals surface area contributed by atoms with Crippen molar-refractivity contribution in [2.75, 3.05) is 32.7 Å². The van der Waals surface area contributed by atoms with E-state index in [0.29, 0.717) is 19.6 Å². The van der Waals surface area contributed by atoms with E-state index in [2.05, 4.69) is 17.6 Å². The second-order valence-electron chi connectivity index (χ2n) is 7.39. The van der Waals surface area contributed by atoms with Gasteiger partial charge in [-0.1, -0.05) is 6.92 Å². The normalized spacial score (nSPS) is 21.4. The van der Waals surface area contributed by atoms with Crippen LogP contribution in [0.15, 0.2) is 15.4 Å². The van der Waals surface area contributed by atoms with E-state index >= 15 is 0 Å². The average Bonchev–Trinajstić information content (AvgIpc) is 3.23. The minimum atomic E-state index is -3.58. The summed E-state index contributed by atoms with van der Waals surface area (Å²) in [5.74, 6) is -0.0244. The fraction of sp³-hybridized carbons (Fsp3) is 0.706. The van der Waals surface area contributed by atoms with Crippen LogP contribution in [0.25, 0.3) is 0 Å². The molecule has 2 fully saturated rings. The zero-order valence-electron chi connectivity index (χ0n) is 14.9. The lowest BCUT2D eigenvalue weighted by Crippen LogP contribution is -2.42. The number of carbonyl (C=O) groups excluding carboxylic acids is 1. The lowest BCUT2D eigenvalue weighted by Gasteiger charge is -2.33. The Balaban J connectivity index is 1.70. The first kappa shape index (κ1) is 18.4. The molecule has 2 aliphatic rings. The average molecular weight is 369 g/mol. The molecule has 3 rings (SSSR count). The van der Waals surface area contributed by atoms with Gasteiger partial charge in [-0.15, -0.1) is 0 Å². The molecule has 1 aromatic rings. The Bertz CT molecular complexity index is 729. The van der Waals surface area contributed by atoms with E-state index in [1.807, 2.05) is 0 Å². The largest absolute Gasteiger partial charge is 0.455 e. The molecule has 0 radical (unpaired) electrons. The maximum absolute atomic E-state index is 12.7. The zero-order chi connectivity index (χ0) is 18.1. The van der Waals surface area contributed by atoms with Crippen LogP contribution in [0.4, 0.5) is 0 Å². The van der Waals surface area contributed by atoms with E-state index in [1.54, 1.807) is 6.92 Å². The van der Waals surface area contributed by atoms with Crippen LogP contribution in [0.2, 0.25) is 0 Å². The van der Waals surface area contributed by atoms with Crippen molar-refractivity contribution >= 4 is 15.9 Å². The van der Waals surface area contributed by atoms with Gasteiger partial charge in [-0.3, -0.25) is 4.79 Å². The third-order valence-electron chi connectivity index (χ3n) is 5.27. The van der Waals surface area contributed by atoms with Crippen molar-refractivity contribution in [3.63, 3.8) is 0 Å². The van der Waals surface area contributed by atoms with Crippen LogP contribution in [-0.2, 0) is 10.0 Å². The third-order valence-corrected chi connectivity index (χ3v) is 7.27. The van der Waals surface area contributed by atoms with E-state index in [9.17, 15) is 13.2 Å². The first-order valence-electron chi connectivity index (χ1n) is 8.91. The summed E-state index contributed by atoms with van der Waals surface area (Å²) in [4.78, 5) is 12.5. The molecule has 140 valence electrons. The molecule has 8 heteroatoms. The van der Waals surface area contributed by atoms with Crippen molar-refractivity contribution in [3.05, 3.63) is 17.6 Å². The summed E-state index contributed by atoms with van der Waals surface area (Å²) < 4.78 is 32.3. The lowest BCUT2D eigenvalue weighted by atomic mass is 9.81. The summed E-state index contributed by atoms with van der Waals surface area (Å²) in [5.41, 5.74) is 0.0625. The quantitative estimate of drug-likeness (QED) is 0.820. The summed E-state index contributed by atoms with van der Waals surface area (Å²) in [7, 11) is -3.58. The Morgan fingerprint density at radius 3 is 2.60 bits per heavy atom. The summed E-state index contributed by atoms with van der Waals surface area (Å²) in [6.45, 7) is 7.26. The van der Waals surface area contributed by atoms with Gasteiger partial charge in [0.25, 0.3) is 5.91 Å². The van der Waals surface area contributed by atoms with Gasteiger partial charge >= 0.3 is 0 Å². The summed E-state index contributed by atoms with van der Waals surface area (Å²) >= 11 is 0. The number of aryl methyl sites for hydroxylation is 1. The van der Waals surface area contributed by atoms with Gasteiger partial charge in [-0.25, -0.2) is 8.42 Å². The molecular weight excluding hydrogens is 342 g/mol. The minimum absolute atomic E-state index is 0.0625. The molecule has 0 aliphatic carbocycles. The number of rotatable bonds is 5. The monoisotopic (exact) mass is 369 g/mol. The van der Waals surface area contributed by atoms with Crippen molar-refractivity contribution in [3.8, 4) is 0 Å². The zero-order valence-corrected chi connectivity index (χ0v) is 15.7. The van der Waals surface area contributed by atoms with E-state index in [1.165, 1.54) is 10.4 Å². The number of hydrogen-bond donors (Lipinski definition) is 2. The molecule has 7 nitrogen and oxygen atoms in total. The number of carbonyl (C=O) groups is 1. The highest BCUT2D eigenvalue weighted by molar-refractivity contribution is 7.89. The molecule has 0 spiro atoms. The van der Waals surface area contributed by atoms with Gasteiger partial charge in [0.2, 0.25) is 10.0 Å². The van der Waals surface area contributed by atoms with Crippen LogP contribution >= 0.6 is 0 Å². The Hall–Kier alpha value is -1.38. The Labute approximate surface area is 149 Å². The lowest BCUT2D eigenvalue weighted by molar-refractivity contribution is 0.0893. The van der Waals surface area contributed by atoms with Gasteiger partial charge in [-0.2, -0.15) is 4.31 Å². The number of piperidine rings is 1. The maximum atomic E-state index is 12.7. The number of nitrogens with one attached hydrogen (secondary N) is 2. The van der Waals surface area contributed by atoms with Crippen LogP contribution in [0.5, 0.6) is 0 Å². The number of nitrogens with zero attached hydrogens (tertiary/aromatic N) is 1. The van der Waals surface area contributed by atoms with Gasteiger partial charge in [0, 0.05) is 25.7 Å². The highest BCUT2D eigenvalue weighted by atomic mass is 32.2. The molecule has 0 saturated carbocycles. The fourth-order valence-corrected chi connectivity index (χ4v) is 5.17. The van der Waals surface area contributed by atoms with E-state index in [4.69, 9.17) is 4.42 Å². The Morgan fingerprint density at radius 1 is 1.32 bits per heavy atom. The first-order chi connectivity index (χ1) is 11.8. The number of hydrogen-bond acceptors (Lipinski definition) is 5. The predicted octanol–water partition coefficient (Wildman–Crippen LogP) is 1.49. The van der Waals surface area contributed by atoms with Gasteiger partial charge in [0.1, 0.15) is 10.7 Å². The van der Waals surface area contributed by atoms with E-state index in [0.717, 1.165) is 38.8 Å². The van der Waals surface area contributed by atoms with Crippen molar-refractivity contribution in [2.45, 2.75) is 44.4 Å². The van der Waals surface area contributed by atoms with Gasteiger partial charge in [0.05, 0.1) is 0 Å². The summed E-state index contributed by atoms with van der Waals surface area (Å²) in [5, 5.41) is 6.21. The molecule has 2 N–H and O–H groups in total. The summed E-state index contributed by atoms with van der Waals surface area (Å²) in [6.07, 6.45) is 3.74. The standard InChI is InChI=1S/C17H27N3O4S/c1-13-15(25(22,23)20-9-3-4-10-20)11-14(24-13)16(21)19-12-17(2)5-7-18-8-6-17/h11,18H,3-10,12H2,1-2H3,(H,19,21). The molecule has 25 heavy (non-hydrogen) atoms. The van der Waals surface area contributed by atoms with Crippen LogP contribution < -0.4 is 10.6 Å². The fourth-order valence-electron chi connectivity index (χ4n) is 3.49. The number of sulfonamides is 1. The van der Waals surface area contributed by atoms with Gasteiger partial charge in [-0.05, 0) is 51.1 Å². The molecule has 0 unspecified atom stereocenters. The van der Waals surface area contributed by atoms with Gasteiger partial charge < -0.3 is 15.1 Å². The smallest absolute Gasteiger partial charge is 0.287 e. The van der Waals surface area contributed by atoms with Crippen LogP contribution in [0, 0.1) is 12.3 Å². The van der Waals surface area contributed by atoms with E-state index in [-0.39, 0.29) is 27.7 Å². The molecule has 0 bridgehead atoms. The van der Waals surface area contributed by atoms with Crippen LogP contribution in [-0.4, -0.2) is 51.4 Å². The summed E-state index contributed by atoms with van der Waals surface area (Å²) in [6, 6.07) is 1.36. The highest BCUT2D eigenvalue weighted by Gasteiger charge is 2.32. The maximum Gasteiger partial charge on any atom is 0.287 e. The third kappa shape index (κ3) is 3.91. The van der Waals surface area contributed by atoms with Gasteiger partial charge in [0.15, 0.2) is 5.76 Å². The topological polar surface area (TPSA) is 91.6 Å². The predicted molar refractivity (Wildman–Crippen MR) is 94.0 cm³/mol. The first-order valence-corrected chi connectivity index (χ1v) is 10.4. The molecule has 1 amide bonds. The SMILES string of the molecule is Cc1oc(C(=O)NCC2(C)CCNCC2)cc1S(=O)(=O)N1CCCC1. The second kappa shape index (κ2) is 7.09. The molecule has 0 atom stereocenters. The Kier molecular flexibility index (Phi) is 5.22. The molecule has 0 aromatic carbocycles. The molecular formula is C17H27N3O4S. The van der Waals surface area contributed by atoms with Crippen molar-refractivity contribution in [1.82, 2.24) is 14.9 Å². The van der Waals surface area contributed by atoms with Crippen molar-refractivity contribution in [1.29, 1.82) is 0 Å². The second-order valence-corrected chi connectivity index (χ2v) is 9.29. The van der Waals surface area contributed by atoms with E-state index < -0.39 is 10.0 Å². The molecule has 1 aromatic heterocycles. The van der Waals surface area contributed by atoms with Crippen LogP contribution in [0.1, 0.15) is 48.9 Å². The number of amides is 1. The van der Waals surface area contributed by atoms with Crippen molar-refractivity contribution < 1.29 is 17.6 Å². The molecule has 2 aliphatic heterocycles. The minimum Gasteiger partial charge on any atom is -0.455 e. The molecule has 3 heterocycles. The Morgan fingerprint density at radius 2 is 1.96 bits per heavy atom. The highest BCUT2D eigenvalue weighted by Crippen LogP contribution is 2.28. The van der Waals surface area contributed by atoms with Crippen LogP contribution in [0.3, 0.4) is 0 Å². The number of furan rings is 1.